The van der Waals surface area contributed by atoms with E-state index in [-0.39, 0.29) is 18.6 Å². The van der Waals surface area contributed by atoms with Gasteiger partial charge in [0.25, 0.3) is 0 Å². The van der Waals surface area contributed by atoms with Crippen molar-refractivity contribution in [2.24, 2.45) is 0 Å². The van der Waals surface area contributed by atoms with Crippen molar-refractivity contribution < 1.29 is 28.2 Å². The van der Waals surface area contributed by atoms with Crippen molar-refractivity contribution in [3.8, 4) is 23.0 Å². The van der Waals surface area contributed by atoms with Crippen molar-refractivity contribution in [1.29, 1.82) is 0 Å². The molecule has 6 heteroatoms. The molecule has 0 spiro atoms. The van der Waals surface area contributed by atoms with Crippen LogP contribution in [0.3, 0.4) is 0 Å². The molecule has 0 bridgehead atoms. The number of fused-ring (bicyclic) bond motifs is 2. The summed E-state index contributed by atoms with van der Waals surface area (Å²) < 4.78 is 23.3. The maximum Gasteiger partial charge on any atom is 0.231 e. The highest BCUT2D eigenvalue weighted by molar-refractivity contribution is 5.94. The summed E-state index contributed by atoms with van der Waals surface area (Å²) in [5.41, 5.74) is 6.62. The average Bonchev–Trinajstić information content (AvgIpc) is 3.25. The Morgan fingerprint density at radius 2 is 1.88 bits per heavy atom. The number of rotatable bonds is 6. The predicted molar refractivity (Wildman–Crippen MR) is 128 cm³/mol. The van der Waals surface area contributed by atoms with Gasteiger partial charge in [0, 0.05) is 6.42 Å². The average molecular weight is 453 g/mol. The molecule has 2 aliphatic rings. The highest BCUT2D eigenvalue weighted by Crippen LogP contribution is 2.51. The van der Waals surface area contributed by atoms with E-state index in [1.165, 1.54) is 5.56 Å². The Kier molecular flexibility index (Phi) is 6.14. The lowest BCUT2D eigenvalue weighted by molar-refractivity contribution is -0.922. The Balaban J connectivity index is 1.66. The zero-order chi connectivity index (χ0) is 23.9. The third-order valence-corrected chi connectivity index (χ3v) is 7.24. The first-order chi connectivity index (χ1) is 15.7. The Hall–Kier alpha value is -2.99. The van der Waals surface area contributed by atoms with Gasteiger partial charge < -0.3 is 23.4 Å². The monoisotopic (exact) mass is 452 g/mol. The highest BCUT2D eigenvalue weighted by atomic mass is 16.7. The molecule has 0 fully saturated rings. The summed E-state index contributed by atoms with van der Waals surface area (Å²) in [6.07, 6.45) is 4.95. The third-order valence-electron chi connectivity index (χ3n) is 7.24. The highest BCUT2D eigenvalue weighted by Gasteiger charge is 2.41. The maximum absolute atomic E-state index is 13.2. The second kappa shape index (κ2) is 8.75. The van der Waals surface area contributed by atoms with E-state index in [4.69, 9.17) is 18.9 Å². The number of ether oxygens (including phenoxy) is 4. The topological polar surface area (TPSA) is 54.0 Å². The summed E-state index contributed by atoms with van der Waals surface area (Å²) in [5, 5.41) is 0. The number of quaternary nitrogens is 1. The number of hydrogen-bond donors (Lipinski definition) is 0. The van der Waals surface area contributed by atoms with Crippen LogP contribution < -0.4 is 18.9 Å². The van der Waals surface area contributed by atoms with E-state index in [0.29, 0.717) is 22.4 Å². The first-order valence-electron chi connectivity index (χ1n) is 11.4. The molecule has 4 rings (SSSR count). The summed E-state index contributed by atoms with van der Waals surface area (Å²) in [4.78, 5) is 13.2. The second-order valence-corrected chi connectivity index (χ2v) is 9.55. The van der Waals surface area contributed by atoms with E-state index in [1.807, 2.05) is 26.0 Å². The molecule has 6 nitrogen and oxygen atoms in total. The van der Waals surface area contributed by atoms with Gasteiger partial charge in [-0.15, -0.1) is 0 Å². The van der Waals surface area contributed by atoms with E-state index in [0.717, 1.165) is 52.3 Å². The summed E-state index contributed by atoms with van der Waals surface area (Å²) in [5.74, 6) is 3.03. The minimum absolute atomic E-state index is 0.0323. The van der Waals surface area contributed by atoms with Crippen LogP contribution >= 0.6 is 0 Å². The molecule has 2 aromatic carbocycles. The summed E-state index contributed by atoms with van der Waals surface area (Å²) in [6, 6.07) is 4.05. The number of carbonyl (C=O) groups is 1. The zero-order valence-electron chi connectivity index (χ0n) is 20.7. The molecule has 0 unspecified atom stereocenters. The number of benzene rings is 2. The van der Waals surface area contributed by atoms with Gasteiger partial charge in [-0.05, 0) is 66.8 Å². The van der Waals surface area contributed by atoms with Gasteiger partial charge in [0.1, 0.15) is 11.8 Å². The predicted octanol–water partition coefficient (Wildman–Crippen LogP) is 4.70. The van der Waals surface area contributed by atoms with Crippen molar-refractivity contribution in [2.75, 3.05) is 41.7 Å². The van der Waals surface area contributed by atoms with Crippen LogP contribution in [-0.2, 0) is 11.2 Å². The van der Waals surface area contributed by atoms with Crippen LogP contribution in [0.4, 0.5) is 0 Å². The van der Waals surface area contributed by atoms with Gasteiger partial charge in [0.05, 0.1) is 46.8 Å². The van der Waals surface area contributed by atoms with E-state index in [1.54, 1.807) is 20.3 Å². The van der Waals surface area contributed by atoms with Gasteiger partial charge in [0.2, 0.25) is 12.5 Å². The van der Waals surface area contributed by atoms with Gasteiger partial charge in [-0.25, -0.2) is 0 Å². The minimum atomic E-state index is -0.0323. The Morgan fingerprint density at radius 1 is 1.12 bits per heavy atom. The Bertz CT molecular complexity index is 1130. The summed E-state index contributed by atoms with van der Waals surface area (Å²) >= 11 is 0. The minimum Gasteiger partial charge on any atom is -0.496 e. The van der Waals surface area contributed by atoms with E-state index in [9.17, 15) is 4.79 Å². The van der Waals surface area contributed by atoms with Crippen LogP contribution in [0.15, 0.2) is 18.2 Å². The van der Waals surface area contributed by atoms with Crippen molar-refractivity contribution in [1.82, 2.24) is 0 Å². The summed E-state index contributed by atoms with van der Waals surface area (Å²) in [6.45, 7) is 7.29. The van der Waals surface area contributed by atoms with E-state index < -0.39 is 0 Å². The number of nitrogens with zero attached hydrogens (tertiary/aromatic N) is 1. The van der Waals surface area contributed by atoms with Gasteiger partial charge in [-0.2, -0.15) is 0 Å². The molecule has 176 valence electrons. The number of allylic oxidation sites excluding steroid dienone is 1. The number of ketones is 1. The second-order valence-electron chi connectivity index (χ2n) is 9.55. The molecular formula is C27H34NO5+. The van der Waals surface area contributed by atoms with Crippen LogP contribution in [0.1, 0.15) is 45.8 Å². The first kappa shape index (κ1) is 23.2. The van der Waals surface area contributed by atoms with Gasteiger partial charge in [-0.1, -0.05) is 6.08 Å². The fourth-order valence-electron chi connectivity index (χ4n) is 5.08. The first-order valence-corrected chi connectivity index (χ1v) is 11.4. The molecule has 0 saturated heterocycles. The van der Waals surface area contributed by atoms with Gasteiger partial charge in [-0.3, -0.25) is 4.79 Å². The molecule has 0 aromatic heterocycles. The molecule has 1 atom stereocenters. The lowest BCUT2D eigenvalue weighted by atomic mass is 9.86. The zero-order valence-corrected chi connectivity index (χ0v) is 20.7. The molecule has 2 aliphatic heterocycles. The largest absolute Gasteiger partial charge is 0.496 e. The summed E-state index contributed by atoms with van der Waals surface area (Å²) in [7, 11) is 7.69. The number of methoxy groups -OCH3 is 2. The van der Waals surface area contributed by atoms with Crippen molar-refractivity contribution in [3.05, 3.63) is 51.6 Å². The molecule has 0 saturated carbocycles. The molecule has 2 heterocycles. The molecular weight excluding hydrogens is 418 g/mol. The third kappa shape index (κ3) is 4.08. The normalized spacial score (nSPS) is 18.3. The number of hydrogen-bond acceptors (Lipinski definition) is 5. The van der Waals surface area contributed by atoms with Crippen LogP contribution in [0.2, 0.25) is 0 Å². The van der Waals surface area contributed by atoms with Crippen molar-refractivity contribution in [3.63, 3.8) is 0 Å². The quantitative estimate of drug-likeness (QED) is 0.470. The lowest BCUT2D eigenvalue weighted by Gasteiger charge is -2.43. The number of aryl methyl sites for hydroxylation is 1. The molecule has 0 N–H and O–H groups in total. The van der Waals surface area contributed by atoms with Gasteiger partial charge in [0.15, 0.2) is 17.3 Å². The SMILES string of the molecule is COc1cc(C)c(/C=C/C(=O)C[C@@H]2c3c(cc4c(c3OC)OCO4)CC[N+]2(C)C)c(C)c1C. The smallest absolute Gasteiger partial charge is 0.231 e. The van der Waals surface area contributed by atoms with Crippen LogP contribution in [0.25, 0.3) is 6.08 Å². The lowest BCUT2D eigenvalue weighted by Crippen LogP contribution is -2.48. The molecule has 33 heavy (non-hydrogen) atoms. The molecule has 2 aromatic rings. The fourth-order valence-corrected chi connectivity index (χ4v) is 5.08. The Labute approximate surface area is 196 Å². The van der Waals surface area contributed by atoms with Crippen molar-refractivity contribution in [2.45, 2.75) is 39.7 Å². The molecule has 0 amide bonds. The van der Waals surface area contributed by atoms with E-state index in [2.05, 4.69) is 27.1 Å². The molecule has 0 aliphatic carbocycles. The van der Waals surface area contributed by atoms with Gasteiger partial charge >= 0.3 is 0 Å². The van der Waals surface area contributed by atoms with Crippen LogP contribution in [0, 0.1) is 20.8 Å². The Morgan fingerprint density at radius 3 is 2.58 bits per heavy atom. The van der Waals surface area contributed by atoms with E-state index >= 15 is 0 Å². The number of likely N-dealkylation sites (N-methyl/N-ethyl adjacent to an activating group) is 1. The fraction of sp³-hybridized carbons (Fsp3) is 0.444. The van der Waals surface area contributed by atoms with Crippen LogP contribution in [0.5, 0.6) is 23.0 Å². The van der Waals surface area contributed by atoms with Crippen LogP contribution in [-0.4, -0.2) is 51.9 Å². The van der Waals surface area contributed by atoms with Crippen molar-refractivity contribution >= 4 is 11.9 Å². The number of carbonyl (C=O) groups excluding carboxylic acids is 1. The maximum atomic E-state index is 13.2. The molecule has 0 radical (unpaired) electrons. The standard InChI is InChI=1S/C27H34NO5/c1-16-12-23(30-6)18(3)17(2)21(16)9-8-20(29)14-22-25-19(10-11-28(22,4)5)13-24-26(27(25)31-7)33-15-32-24/h8-9,12-13,22H,10-11,14-15H2,1-7H3/q+1/b9-8+/t22-/m1/s1.